The highest BCUT2D eigenvalue weighted by atomic mass is 16.6. The smallest absolute Gasteiger partial charge is 0.269 e. The normalized spacial score (nSPS) is 16.9. The van der Waals surface area contributed by atoms with Crippen molar-refractivity contribution >= 4 is 23.2 Å². The third-order valence-corrected chi connectivity index (χ3v) is 6.58. The molecule has 1 aliphatic rings. The Morgan fingerprint density at radius 2 is 1.65 bits per heavy atom. The van der Waals surface area contributed by atoms with Crippen LogP contribution in [0.25, 0.3) is 0 Å². The first-order chi connectivity index (χ1) is 17.8. The number of carbonyl (C=O) groups excluding carboxylic acids is 2. The number of nitriles is 1. The molecule has 0 atom stereocenters. The Balaban J connectivity index is 1.52. The molecular weight excluding hydrogens is 470 g/mol. The van der Waals surface area contributed by atoms with Gasteiger partial charge in [0.25, 0.3) is 17.5 Å². The van der Waals surface area contributed by atoms with Crippen molar-refractivity contribution in [1.82, 2.24) is 4.90 Å². The zero-order chi connectivity index (χ0) is 26.4. The van der Waals surface area contributed by atoms with Crippen molar-refractivity contribution in [3.63, 3.8) is 0 Å². The number of nitro benzene ring substituents is 1. The molecule has 3 aromatic rings. The van der Waals surface area contributed by atoms with E-state index in [9.17, 15) is 19.7 Å². The summed E-state index contributed by atoms with van der Waals surface area (Å²) >= 11 is 0. The van der Waals surface area contributed by atoms with Gasteiger partial charge in [0.15, 0.2) is 0 Å². The third kappa shape index (κ3) is 6.37. The highest BCUT2D eigenvalue weighted by Crippen LogP contribution is 2.26. The molecule has 0 radical (unpaired) electrons. The second kappa shape index (κ2) is 11.5. The number of rotatable bonds is 7. The van der Waals surface area contributed by atoms with Gasteiger partial charge in [-0.25, -0.2) is 0 Å². The van der Waals surface area contributed by atoms with Gasteiger partial charge in [0.05, 0.1) is 16.6 Å². The fourth-order valence-corrected chi connectivity index (χ4v) is 4.52. The minimum atomic E-state index is -0.518. The van der Waals surface area contributed by atoms with Crippen LogP contribution in [-0.4, -0.2) is 33.7 Å². The van der Waals surface area contributed by atoms with Crippen molar-refractivity contribution in [1.29, 1.82) is 5.26 Å². The van der Waals surface area contributed by atoms with Gasteiger partial charge in [-0.1, -0.05) is 12.1 Å². The molecule has 3 aromatic carbocycles. The average Bonchev–Trinajstić information content (AvgIpc) is 2.92. The number of benzene rings is 3. The van der Waals surface area contributed by atoms with Crippen LogP contribution >= 0.6 is 0 Å². The van der Waals surface area contributed by atoms with Crippen LogP contribution in [0.5, 0.6) is 0 Å². The molecule has 0 spiro atoms. The van der Waals surface area contributed by atoms with E-state index < -0.39 is 4.92 Å². The van der Waals surface area contributed by atoms with Gasteiger partial charge < -0.3 is 16.0 Å². The van der Waals surface area contributed by atoms with Gasteiger partial charge in [-0.2, -0.15) is 5.26 Å². The van der Waals surface area contributed by atoms with E-state index in [4.69, 9.17) is 11.0 Å². The molecule has 0 aliphatic heterocycles. The summed E-state index contributed by atoms with van der Waals surface area (Å²) in [6.07, 6.45) is 3.29. The Morgan fingerprint density at radius 1 is 1.00 bits per heavy atom. The van der Waals surface area contributed by atoms with Crippen molar-refractivity contribution in [2.45, 2.75) is 44.3 Å². The van der Waals surface area contributed by atoms with Crippen molar-refractivity contribution < 1.29 is 14.5 Å². The first kappa shape index (κ1) is 25.5. The standard InChI is InChI=1S/C28H27N5O4/c29-17-19-4-6-22(7-5-19)28(35)32(25-14-10-23(30)11-15-25)18-20-2-1-3-24(16-20)31-27(34)21-8-12-26(13-9-21)33(36)37/h1-9,12-13,16,23,25H,10-11,14-15,18,30H2,(H,31,34). The van der Waals surface area contributed by atoms with Crippen LogP contribution < -0.4 is 11.1 Å². The first-order valence-electron chi connectivity index (χ1n) is 12.1. The summed E-state index contributed by atoms with van der Waals surface area (Å²) in [7, 11) is 0. The Kier molecular flexibility index (Phi) is 7.91. The summed E-state index contributed by atoms with van der Waals surface area (Å²) in [5.74, 6) is -0.510. The molecule has 1 saturated carbocycles. The maximum Gasteiger partial charge on any atom is 0.269 e. The summed E-state index contributed by atoms with van der Waals surface area (Å²) in [6.45, 7) is 0.347. The molecule has 188 valence electrons. The minimum Gasteiger partial charge on any atom is -0.331 e. The van der Waals surface area contributed by atoms with E-state index in [2.05, 4.69) is 11.4 Å². The fraction of sp³-hybridized carbons (Fsp3) is 0.250. The second-order valence-corrected chi connectivity index (χ2v) is 9.15. The molecule has 0 saturated heterocycles. The highest BCUT2D eigenvalue weighted by Gasteiger charge is 2.28. The zero-order valence-electron chi connectivity index (χ0n) is 20.2. The van der Waals surface area contributed by atoms with E-state index in [0.29, 0.717) is 28.9 Å². The number of hydrogen-bond acceptors (Lipinski definition) is 6. The molecule has 0 aromatic heterocycles. The van der Waals surface area contributed by atoms with E-state index in [1.807, 2.05) is 23.1 Å². The average molecular weight is 498 g/mol. The van der Waals surface area contributed by atoms with Crippen LogP contribution in [0.3, 0.4) is 0 Å². The van der Waals surface area contributed by atoms with E-state index in [-0.39, 0.29) is 29.6 Å². The SMILES string of the molecule is N#Cc1ccc(C(=O)N(Cc2cccc(NC(=O)c3ccc([N+](=O)[O-])cc3)c2)C2CCC(N)CC2)cc1. The van der Waals surface area contributed by atoms with Gasteiger partial charge in [-0.05, 0) is 79.8 Å². The molecule has 0 bridgehead atoms. The maximum atomic E-state index is 13.5. The summed E-state index contributed by atoms with van der Waals surface area (Å²) in [6, 6.07) is 21.5. The van der Waals surface area contributed by atoms with Gasteiger partial charge in [0, 0.05) is 47.6 Å². The molecule has 4 rings (SSSR count). The number of amides is 2. The van der Waals surface area contributed by atoms with Crippen molar-refractivity contribution in [2.75, 3.05) is 5.32 Å². The number of carbonyl (C=O) groups is 2. The van der Waals surface area contributed by atoms with E-state index >= 15 is 0 Å². The topological polar surface area (TPSA) is 142 Å². The first-order valence-corrected chi connectivity index (χ1v) is 12.1. The number of nitrogens with two attached hydrogens (primary N) is 1. The molecule has 9 nitrogen and oxygen atoms in total. The number of hydrogen-bond donors (Lipinski definition) is 2. The van der Waals surface area contributed by atoms with Crippen LogP contribution in [0, 0.1) is 21.4 Å². The van der Waals surface area contributed by atoms with Crippen molar-refractivity contribution in [3.05, 3.63) is 105 Å². The van der Waals surface area contributed by atoms with Gasteiger partial charge in [-0.15, -0.1) is 0 Å². The maximum absolute atomic E-state index is 13.5. The summed E-state index contributed by atoms with van der Waals surface area (Å²) in [5, 5.41) is 22.8. The lowest BCUT2D eigenvalue weighted by atomic mass is 9.90. The molecule has 3 N–H and O–H groups in total. The van der Waals surface area contributed by atoms with E-state index in [1.165, 1.54) is 24.3 Å². The number of nitrogens with zero attached hydrogens (tertiary/aromatic N) is 3. The molecule has 2 amide bonds. The van der Waals surface area contributed by atoms with Crippen molar-refractivity contribution in [3.8, 4) is 6.07 Å². The summed E-state index contributed by atoms with van der Waals surface area (Å²) < 4.78 is 0. The predicted molar refractivity (Wildman–Crippen MR) is 139 cm³/mol. The Hall–Kier alpha value is -4.55. The lowest BCUT2D eigenvalue weighted by Gasteiger charge is -2.36. The van der Waals surface area contributed by atoms with Crippen LogP contribution in [0.1, 0.15) is 57.5 Å². The van der Waals surface area contributed by atoms with E-state index in [1.54, 1.807) is 30.3 Å². The molecular formula is C28H27N5O4. The summed E-state index contributed by atoms with van der Waals surface area (Å²) in [5.41, 5.74) is 8.71. The lowest BCUT2D eigenvalue weighted by Crippen LogP contribution is -2.43. The van der Waals surface area contributed by atoms with Crippen LogP contribution in [-0.2, 0) is 6.54 Å². The highest BCUT2D eigenvalue weighted by molar-refractivity contribution is 6.04. The Bertz CT molecular complexity index is 1320. The zero-order valence-corrected chi connectivity index (χ0v) is 20.2. The monoisotopic (exact) mass is 497 g/mol. The third-order valence-electron chi connectivity index (χ3n) is 6.58. The lowest BCUT2D eigenvalue weighted by molar-refractivity contribution is -0.384. The molecule has 1 aliphatic carbocycles. The molecule has 1 fully saturated rings. The number of non-ortho nitro benzene ring substituents is 1. The molecule has 0 unspecified atom stereocenters. The van der Waals surface area contributed by atoms with Crippen molar-refractivity contribution in [2.24, 2.45) is 5.73 Å². The van der Waals surface area contributed by atoms with Gasteiger partial charge in [0.2, 0.25) is 0 Å². The Labute approximate surface area is 214 Å². The van der Waals surface area contributed by atoms with Crippen LogP contribution in [0.15, 0.2) is 72.8 Å². The minimum absolute atomic E-state index is 0.0290. The molecule has 9 heteroatoms. The van der Waals surface area contributed by atoms with Gasteiger partial charge in [-0.3, -0.25) is 19.7 Å². The number of nitrogens with one attached hydrogen (secondary N) is 1. The quantitative estimate of drug-likeness (QED) is 0.360. The molecule has 0 heterocycles. The second-order valence-electron chi connectivity index (χ2n) is 9.15. The van der Waals surface area contributed by atoms with Gasteiger partial charge in [0.1, 0.15) is 0 Å². The Morgan fingerprint density at radius 3 is 2.27 bits per heavy atom. The van der Waals surface area contributed by atoms with Crippen LogP contribution in [0.4, 0.5) is 11.4 Å². The predicted octanol–water partition coefficient (Wildman–Crippen LogP) is 4.63. The molecule has 37 heavy (non-hydrogen) atoms. The summed E-state index contributed by atoms with van der Waals surface area (Å²) in [4.78, 5) is 38.4. The largest absolute Gasteiger partial charge is 0.331 e. The van der Waals surface area contributed by atoms with E-state index in [0.717, 1.165) is 31.2 Å². The fourth-order valence-electron chi connectivity index (χ4n) is 4.52. The van der Waals surface area contributed by atoms with Gasteiger partial charge >= 0.3 is 0 Å². The number of nitro groups is 1. The number of anilines is 1. The van der Waals surface area contributed by atoms with Crippen LogP contribution in [0.2, 0.25) is 0 Å².